The van der Waals surface area contributed by atoms with Crippen LogP contribution in [0.1, 0.15) is 45.4 Å². The molecule has 1 aromatic rings. The molecule has 0 aliphatic heterocycles. The van der Waals surface area contributed by atoms with Crippen molar-refractivity contribution in [1.82, 2.24) is 0 Å². The highest BCUT2D eigenvalue weighted by molar-refractivity contribution is 5.96. The number of aliphatic carboxylic acids is 1. The van der Waals surface area contributed by atoms with E-state index in [4.69, 9.17) is 4.74 Å². The van der Waals surface area contributed by atoms with Gasteiger partial charge in [-0.1, -0.05) is 38.3 Å². The van der Waals surface area contributed by atoms with Crippen molar-refractivity contribution in [1.29, 1.82) is 0 Å². The molecule has 0 saturated heterocycles. The van der Waals surface area contributed by atoms with Gasteiger partial charge < -0.3 is 15.2 Å². The SMILES string of the molecule is CCCCOc1ccccc1NC(=O)C1CCCCC1C(=O)O. The van der Waals surface area contributed by atoms with Gasteiger partial charge in [-0.05, 0) is 31.4 Å². The number of nitrogens with one attached hydrogen (secondary N) is 1. The van der Waals surface area contributed by atoms with E-state index in [1.54, 1.807) is 6.07 Å². The first kappa shape index (κ1) is 17.3. The quantitative estimate of drug-likeness (QED) is 0.751. The highest BCUT2D eigenvalue weighted by Crippen LogP contribution is 2.32. The lowest BCUT2D eigenvalue weighted by molar-refractivity contribution is -0.147. The Balaban J connectivity index is 2.05. The van der Waals surface area contributed by atoms with Crippen LogP contribution in [0.15, 0.2) is 24.3 Å². The van der Waals surface area contributed by atoms with Crippen LogP contribution in [-0.2, 0) is 9.59 Å². The zero-order valence-electron chi connectivity index (χ0n) is 13.6. The second-order valence-electron chi connectivity index (χ2n) is 6.02. The molecule has 1 fully saturated rings. The molecule has 5 nitrogen and oxygen atoms in total. The molecular weight excluding hydrogens is 294 g/mol. The van der Waals surface area contributed by atoms with Crippen molar-refractivity contribution in [2.75, 3.05) is 11.9 Å². The van der Waals surface area contributed by atoms with Crippen LogP contribution in [0.25, 0.3) is 0 Å². The lowest BCUT2D eigenvalue weighted by atomic mass is 9.78. The van der Waals surface area contributed by atoms with Crippen LogP contribution in [0.2, 0.25) is 0 Å². The molecule has 1 saturated carbocycles. The smallest absolute Gasteiger partial charge is 0.307 e. The summed E-state index contributed by atoms with van der Waals surface area (Å²) in [5, 5.41) is 12.2. The molecule has 2 N–H and O–H groups in total. The second-order valence-corrected chi connectivity index (χ2v) is 6.02. The van der Waals surface area contributed by atoms with E-state index < -0.39 is 17.8 Å². The molecule has 0 bridgehead atoms. The second kappa shape index (κ2) is 8.56. The molecular formula is C18H25NO4. The minimum atomic E-state index is -0.877. The normalized spacial score (nSPS) is 20.7. The molecule has 1 aliphatic rings. The van der Waals surface area contributed by atoms with Gasteiger partial charge >= 0.3 is 5.97 Å². The fourth-order valence-corrected chi connectivity index (χ4v) is 2.99. The van der Waals surface area contributed by atoms with Gasteiger partial charge in [0.25, 0.3) is 0 Å². The molecule has 5 heteroatoms. The monoisotopic (exact) mass is 319 g/mol. The number of carboxylic acid groups (broad SMARTS) is 1. The van der Waals surface area contributed by atoms with E-state index in [1.165, 1.54) is 0 Å². The standard InChI is InChI=1S/C18H25NO4/c1-2-3-12-23-16-11-7-6-10-15(16)19-17(20)13-8-4-5-9-14(13)18(21)22/h6-7,10-11,13-14H,2-5,8-9,12H2,1H3,(H,19,20)(H,21,22). The predicted octanol–water partition coefficient (Wildman–Crippen LogP) is 3.70. The van der Waals surface area contributed by atoms with E-state index in [0.717, 1.165) is 25.7 Å². The summed E-state index contributed by atoms with van der Waals surface area (Å²) >= 11 is 0. The Morgan fingerprint density at radius 3 is 2.61 bits per heavy atom. The summed E-state index contributed by atoms with van der Waals surface area (Å²) in [6, 6.07) is 7.30. The van der Waals surface area contributed by atoms with Gasteiger partial charge in [0, 0.05) is 0 Å². The molecule has 0 spiro atoms. The Morgan fingerprint density at radius 2 is 1.91 bits per heavy atom. The topological polar surface area (TPSA) is 75.6 Å². The van der Waals surface area contributed by atoms with Crippen LogP contribution in [0.4, 0.5) is 5.69 Å². The van der Waals surface area contributed by atoms with Crippen molar-refractivity contribution >= 4 is 17.6 Å². The molecule has 2 atom stereocenters. The minimum absolute atomic E-state index is 0.219. The highest BCUT2D eigenvalue weighted by atomic mass is 16.5. The summed E-state index contributed by atoms with van der Waals surface area (Å²) in [5.74, 6) is -1.51. The maximum Gasteiger partial charge on any atom is 0.307 e. The number of hydrogen-bond donors (Lipinski definition) is 2. The first-order chi connectivity index (χ1) is 11.1. The molecule has 2 rings (SSSR count). The summed E-state index contributed by atoms with van der Waals surface area (Å²) in [5.41, 5.74) is 0.614. The summed E-state index contributed by atoms with van der Waals surface area (Å²) in [6.07, 6.45) is 4.96. The van der Waals surface area contributed by atoms with Gasteiger partial charge in [0.2, 0.25) is 5.91 Å². The number of ether oxygens (including phenoxy) is 1. The summed E-state index contributed by atoms with van der Waals surface area (Å²) in [7, 11) is 0. The van der Waals surface area contributed by atoms with E-state index >= 15 is 0 Å². The van der Waals surface area contributed by atoms with Crippen LogP contribution >= 0.6 is 0 Å². The van der Waals surface area contributed by atoms with Crippen molar-refractivity contribution in [2.24, 2.45) is 11.8 Å². The van der Waals surface area contributed by atoms with Crippen molar-refractivity contribution < 1.29 is 19.4 Å². The largest absolute Gasteiger partial charge is 0.491 e. The number of rotatable bonds is 7. The molecule has 2 unspecified atom stereocenters. The predicted molar refractivity (Wildman–Crippen MR) is 88.6 cm³/mol. The molecule has 126 valence electrons. The van der Waals surface area contributed by atoms with Crippen LogP contribution in [-0.4, -0.2) is 23.6 Å². The Morgan fingerprint density at radius 1 is 1.22 bits per heavy atom. The van der Waals surface area contributed by atoms with E-state index in [-0.39, 0.29) is 5.91 Å². The van der Waals surface area contributed by atoms with Gasteiger partial charge in [-0.15, -0.1) is 0 Å². The van der Waals surface area contributed by atoms with Crippen LogP contribution in [0.3, 0.4) is 0 Å². The van der Waals surface area contributed by atoms with Crippen LogP contribution < -0.4 is 10.1 Å². The summed E-state index contributed by atoms with van der Waals surface area (Å²) in [4.78, 5) is 23.9. The van der Waals surface area contributed by atoms with Crippen molar-refractivity contribution in [3.8, 4) is 5.75 Å². The van der Waals surface area contributed by atoms with Crippen LogP contribution in [0.5, 0.6) is 5.75 Å². The number of anilines is 1. The molecule has 0 heterocycles. The number of amides is 1. The molecule has 1 amide bonds. The number of hydrogen-bond acceptors (Lipinski definition) is 3. The fourth-order valence-electron chi connectivity index (χ4n) is 2.99. The van der Waals surface area contributed by atoms with E-state index in [2.05, 4.69) is 12.2 Å². The Kier molecular flexibility index (Phi) is 6.44. The summed E-state index contributed by atoms with van der Waals surface area (Å²) < 4.78 is 5.71. The average Bonchev–Trinajstić information content (AvgIpc) is 2.56. The molecule has 0 radical (unpaired) electrons. The average molecular weight is 319 g/mol. The van der Waals surface area contributed by atoms with Crippen LogP contribution in [0, 0.1) is 11.8 Å². The lowest BCUT2D eigenvalue weighted by Gasteiger charge is -2.27. The number of para-hydroxylation sites is 2. The Bertz CT molecular complexity index is 544. The first-order valence-electron chi connectivity index (χ1n) is 8.39. The van der Waals surface area contributed by atoms with Crippen molar-refractivity contribution in [3.05, 3.63) is 24.3 Å². The van der Waals surface area contributed by atoms with Gasteiger partial charge in [-0.2, -0.15) is 0 Å². The van der Waals surface area contributed by atoms with Crippen molar-refractivity contribution in [3.63, 3.8) is 0 Å². The molecule has 0 aromatic heterocycles. The molecule has 23 heavy (non-hydrogen) atoms. The zero-order valence-corrected chi connectivity index (χ0v) is 13.6. The van der Waals surface area contributed by atoms with Gasteiger partial charge in [-0.25, -0.2) is 0 Å². The zero-order chi connectivity index (χ0) is 16.7. The van der Waals surface area contributed by atoms with Gasteiger partial charge in [0.15, 0.2) is 0 Å². The maximum absolute atomic E-state index is 12.5. The van der Waals surface area contributed by atoms with E-state index in [9.17, 15) is 14.7 Å². The Hall–Kier alpha value is -2.04. The van der Waals surface area contributed by atoms with E-state index in [1.807, 2.05) is 18.2 Å². The molecule has 1 aromatic carbocycles. The minimum Gasteiger partial charge on any atom is -0.491 e. The number of carbonyl (C=O) groups excluding carboxylic acids is 1. The Labute approximate surface area is 137 Å². The van der Waals surface area contributed by atoms with Gasteiger partial charge in [0.05, 0.1) is 24.1 Å². The van der Waals surface area contributed by atoms with Gasteiger partial charge in [0.1, 0.15) is 5.75 Å². The maximum atomic E-state index is 12.5. The number of unbranched alkanes of at least 4 members (excludes halogenated alkanes) is 1. The third-order valence-corrected chi connectivity index (χ3v) is 4.32. The van der Waals surface area contributed by atoms with Gasteiger partial charge in [-0.3, -0.25) is 9.59 Å². The fraction of sp³-hybridized carbons (Fsp3) is 0.556. The third kappa shape index (κ3) is 4.71. The van der Waals surface area contributed by atoms with E-state index in [0.29, 0.717) is 30.9 Å². The molecule has 1 aliphatic carbocycles. The summed E-state index contributed by atoms with van der Waals surface area (Å²) in [6.45, 7) is 2.69. The number of benzene rings is 1. The van der Waals surface area contributed by atoms with Crippen molar-refractivity contribution in [2.45, 2.75) is 45.4 Å². The number of carboxylic acids is 1. The third-order valence-electron chi connectivity index (χ3n) is 4.32. The highest BCUT2D eigenvalue weighted by Gasteiger charge is 2.35. The number of carbonyl (C=O) groups is 2. The lowest BCUT2D eigenvalue weighted by Crippen LogP contribution is -2.36. The first-order valence-corrected chi connectivity index (χ1v) is 8.39.